The average Bonchev–Trinajstić information content (AvgIpc) is 3.00. The summed E-state index contributed by atoms with van der Waals surface area (Å²) in [6.07, 6.45) is 3.43. The number of carbonyl (C=O) groups excluding carboxylic acids is 1. The fourth-order valence-corrected chi connectivity index (χ4v) is 2.96. The third-order valence-electron chi connectivity index (χ3n) is 4.34. The predicted molar refractivity (Wildman–Crippen MR) is 89.7 cm³/mol. The third kappa shape index (κ3) is 3.67. The first-order valence-corrected chi connectivity index (χ1v) is 8.14. The van der Waals surface area contributed by atoms with Gasteiger partial charge in [0.15, 0.2) is 0 Å². The molecule has 3 heterocycles. The Labute approximate surface area is 140 Å². The first-order valence-electron chi connectivity index (χ1n) is 8.14. The van der Waals surface area contributed by atoms with Crippen molar-refractivity contribution in [2.24, 2.45) is 13.0 Å². The average molecular weight is 330 g/mol. The second-order valence-electron chi connectivity index (χ2n) is 6.19. The zero-order valence-electron chi connectivity index (χ0n) is 14.0. The van der Waals surface area contributed by atoms with Gasteiger partial charge in [-0.2, -0.15) is 5.10 Å². The molecule has 1 saturated heterocycles. The summed E-state index contributed by atoms with van der Waals surface area (Å²) < 4.78 is 6.76. The first kappa shape index (κ1) is 16.3. The molecule has 0 spiro atoms. The van der Waals surface area contributed by atoms with E-state index in [0.29, 0.717) is 13.1 Å². The van der Waals surface area contributed by atoms with Gasteiger partial charge >= 0.3 is 0 Å². The fraction of sp³-hybridized carbons (Fsp3) is 0.471. The summed E-state index contributed by atoms with van der Waals surface area (Å²) in [4.78, 5) is 26.2. The van der Waals surface area contributed by atoms with Crippen LogP contribution in [-0.2, 0) is 18.4 Å². The van der Waals surface area contributed by atoms with E-state index >= 15 is 0 Å². The number of hydrogen-bond acceptors (Lipinski definition) is 5. The normalized spacial score (nSPS) is 17.8. The smallest absolute Gasteiger partial charge is 0.268 e. The summed E-state index contributed by atoms with van der Waals surface area (Å²) in [7, 11) is 1.62. The highest BCUT2D eigenvalue weighted by Crippen LogP contribution is 2.22. The van der Waals surface area contributed by atoms with E-state index in [1.165, 1.54) is 4.68 Å². The van der Waals surface area contributed by atoms with Crippen LogP contribution in [0.15, 0.2) is 33.6 Å². The second-order valence-corrected chi connectivity index (χ2v) is 6.19. The molecule has 0 aliphatic carbocycles. The lowest BCUT2D eigenvalue weighted by Crippen LogP contribution is -2.43. The van der Waals surface area contributed by atoms with E-state index < -0.39 is 0 Å². The number of rotatable bonds is 4. The zero-order chi connectivity index (χ0) is 17.1. The Bertz CT molecular complexity index is 780. The van der Waals surface area contributed by atoms with Crippen LogP contribution in [-0.4, -0.2) is 28.8 Å². The number of hydrogen-bond donors (Lipinski definition) is 1. The van der Waals surface area contributed by atoms with Crippen LogP contribution in [0.25, 0.3) is 0 Å². The van der Waals surface area contributed by atoms with Crippen molar-refractivity contribution in [2.75, 3.05) is 18.0 Å². The molecule has 1 fully saturated rings. The molecule has 1 atom stereocenters. The lowest BCUT2D eigenvalue weighted by Gasteiger charge is -2.33. The predicted octanol–water partition coefficient (Wildman–Crippen LogP) is 1.21. The number of furan rings is 1. The molecule has 2 aromatic rings. The molecule has 0 bridgehead atoms. The first-order chi connectivity index (χ1) is 11.5. The lowest BCUT2D eigenvalue weighted by atomic mass is 9.97. The topological polar surface area (TPSA) is 80.4 Å². The number of amides is 1. The number of aryl methyl sites for hydroxylation is 2. The maximum absolute atomic E-state index is 12.4. The van der Waals surface area contributed by atoms with Crippen molar-refractivity contribution in [3.63, 3.8) is 0 Å². The van der Waals surface area contributed by atoms with Crippen LogP contribution in [0.4, 0.5) is 5.69 Å². The van der Waals surface area contributed by atoms with Crippen LogP contribution >= 0.6 is 0 Å². The van der Waals surface area contributed by atoms with Gasteiger partial charge < -0.3 is 14.6 Å². The molecule has 7 heteroatoms. The Balaban J connectivity index is 1.61. The van der Waals surface area contributed by atoms with Crippen LogP contribution in [0, 0.1) is 12.8 Å². The summed E-state index contributed by atoms with van der Waals surface area (Å²) in [6, 6.07) is 5.32. The summed E-state index contributed by atoms with van der Waals surface area (Å²) in [5.74, 6) is 1.51. The van der Waals surface area contributed by atoms with Crippen LogP contribution < -0.4 is 15.8 Å². The monoisotopic (exact) mass is 330 g/mol. The van der Waals surface area contributed by atoms with Crippen molar-refractivity contribution < 1.29 is 9.21 Å². The Kier molecular flexibility index (Phi) is 4.69. The number of carbonyl (C=O) groups is 1. The number of piperidine rings is 1. The van der Waals surface area contributed by atoms with Gasteiger partial charge in [-0.3, -0.25) is 9.59 Å². The van der Waals surface area contributed by atoms with Crippen molar-refractivity contribution >= 4 is 11.6 Å². The molecule has 1 aliphatic rings. The molecule has 128 valence electrons. The third-order valence-corrected chi connectivity index (χ3v) is 4.34. The highest BCUT2D eigenvalue weighted by Gasteiger charge is 2.26. The minimum atomic E-state index is -0.146. The molecule has 2 aromatic heterocycles. The molecule has 0 aromatic carbocycles. The maximum Gasteiger partial charge on any atom is 0.268 e. The van der Waals surface area contributed by atoms with E-state index in [9.17, 15) is 9.59 Å². The van der Waals surface area contributed by atoms with Crippen LogP contribution in [0.3, 0.4) is 0 Å². The van der Waals surface area contributed by atoms with Gasteiger partial charge in [-0.15, -0.1) is 0 Å². The van der Waals surface area contributed by atoms with E-state index in [0.717, 1.165) is 36.6 Å². The largest absolute Gasteiger partial charge is 0.465 e. The van der Waals surface area contributed by atoms with Gasteiger partial charge in [-0.1, -0.05) is 0 Å². The van der Waals surface area contributed by atoms with Gasteiger partial charge in [-0.05, 0) is 31.9 Å². The molecule has 0 radical (unpaired) electrons. The standard InChI is InChI=1S/C17H22N4O3/c1-12-5-6-15(24-12)10-18-17(23)13-4-3-7-21(11-13)14-8-16(22)20(2)19-9-14/h5-6,8-9,13H,3-4,7,10-11H2,1-2H3,(H,18,23). The molecule has 1 amide bonds. The molecule has 1 N–H and O–H groups in total. The van der Waals surface area contributed by atoms with Crippen LogP contribution in [0.5, 0.6) is 0 Å². The zero-order valence-corrected chi connectivity index (χ0v) is 14.0. The minimum absolute atomic E-state index is 0.0190. The van der Waals surface area contributed by atoms with Gasteiger partial charge in [0, 0.05) is 26.2 Å². The molecule has 1 unspecified atom stereocenters. The molecule has 3 rings (SSSR count). The van der Waals surface area contributed by atoms with Gasteiger partial charge in [0.05, 0.1) is 24.3 Å². The van der Waals surface area contributed by atoms with Crippen LogP contribution in [0.2, 0.25) is 0 Å². The lowest BCUT2D eigenvalue weighted by molar-refractivity contribution is -0.125. The summed E-state index contributed by atoms with van der Waals surface area (Å²) >= 11 is 0. The number of nitrogens with one attached hydrogen (secondary N) is 1. The minimum Gasteiger partial charge on any atom is -0.465 e. The van der Waals surface area contributed by atoms with Gasteiger partial charge in [0.1, 0.15) is 11.5 Å². The van der Waals surface area contributed by atoms with Crippen molar-refractivity contribution in [1.29, 1.82) is 0 Å². The molecular weight excluding hydrogens is 308 g/mol. The summed E-state index contributed by atoms with van der Waals surface area (Å²) in [6.45, 7) is 3.70. The SMILES string of the molecule is Cc1ccc(CNC(=O)C2CCCN(c3cnn(C)c(=O)c3)C2)o1. The Hall–Kier alpha value is -2.57. The quantitative estimate of drug-likeness (QED) is 0.911. The Morgan fingerprint density at radius 2 is 2.29 bits per heavy atom. The van der Waals surface area contributed by atoms with Gasteiger partial charge in [0.2, 0.25) is 5.91 Å². The summed E-state index contributed by atoms with van der Waals surface area (Å²) in [5.41, 5.74) is 0.629. The highest BCUT2D eigenvalue weighted by molar-refractivity contribution is 5.79. The van der Waals surface area contributed by atoms with E-state index in [1.54, 1.807) is 19.3 Å². The maximum atomic E-state index is 12.4. The molecular formula is C17H22N4O3. The number of nitrogens with zero attached hydrogens (tertiary/aromatic N) is 3. The molecule has 24 heavy (non-hydrogen) atoms. The van der Waals surface area contributed by atoms with Crippen molar-refractivity contribution in [2.45, 2.75) is 26.3 Å². The molecule has 7 nitrogen and oxygen atoms in total. The van der Waals surface area contributed by atoms with E-state index in [-0.39, 0.29) is 17.4 Å². The fourth-order valence-electron chi connectivity index (χ4n) is 2.96. The van der Waals surface area contributed by atoms with Gasteiger partial charge in [0.25, 0.3) is 5.56 Å². The molecule has 1 aliphatic heterocycles. The number of anilines is 1. The Morgan fingerprint density at radius 3 is 3.00 bits per heavy atom. The second kappa shape index (κ2) is 6.90. The molecule has 0 saturated carbocycles. The van der Waals surface area contributed by atoms with E-state index in [4.69, 9.17) is 4.42 Å². The van der Waals surface area contributed by atoms with E-state index in [2.05, 4.69) is 15.3 Å². The summed E-state index contributed by atoms with van der Waals surface area (Å²) in [5, 5.41) is 6.99. The van der Waals surface area contributed by atoms with E-state index in [1.807, 2.05) is 19.1 Å². The Morgan fingerprint density at radius 1 is 1.46 bits per heavy atom. The van der Waals surface area contributed by atoms with Gasteiger partial charge in [-0.25, -0.2) is 4.68 Å². The van der Waals surface area contributed by atoms with Crippen molar-refractivity contribution in [3.05, 3.63) is 46.3 Å². The highest BCUT2D eigenvalue weighted by atomic mass is 16.3. The van der Waals surface area contributed by atoms with Crippen LogP contribution in [0.1, 0.15) is 24.4 Å². The van der Waals surface area contributed by atoms with Crippen molar-refractivity contribution in [3.8, 4) is 0 Å². The van der Waals surface area contributed by atoms with Crippen molar-refractivity contribution in [1.82, 2.24) is 15.1 Å². The number of aromatic nitrogens is 2.